The summed E-state index contributed by atoms with van der Waals surface area (Å²) in [5, 5.41) is 2.59. The zero-order valence-electron chi connectivity index (χ0n) is 7.64. The maximum atomic E-state index is 11.3. The van der Waals surface area contributed by atoms with Gasteiger partial charge in [-0.3, -0.25) is 4.79 Å². The monoisotopic (exact) mass is 238 g/mol. The van der Waals surface area contributed by atoms with Crippen molar-refractivity contribution in [2.75, 3.05) is 17.3 Å². The van der Waals surface area contributed by atoms with Crippen molar-refractivity contribution in [2.24, 2.45) is 5.73 Å². The van der Waals surface area contributed by atoms with E-state index in [1.807, 2.05) is 0 Å². The average molecular weight is 238 g/mol. The van der Waals surface area contributed by atoms with Crippen LogP contribution >= 0.6 is 12.6 Å². The second-order valence-corrected chi connectivity index (χ2v) is 5.99. The lowest BCUT2D eigenvalue weighted by molar-refractivity contribution is -0.122. The molecule has 2 unspecified atom stereocenters. The molecule has 1 heterocycles. The maximum Gasteiger partial charge on any atom is 0.238 e. The van der Waals surface area contributed by atoms with Crippen molar-refractivity contribution >= 4 is 28.4 Å². The summed E-state index contributed by atoms with van der Waals surface area (Å²) in [7, 11) is -2.95. The fraction of sp³-hybridized carbons (Fsp3) is 0.857. The summed E-state index contributed by atoms with van der Waals surface area (Å²) >= 11 is 3.88. The molecule has 7 heteroatoms. The number of rotatable bonds is 3. The fourth-order valence-corrected chi connectivity index (χ4v) is 3.14. The molecule has 0 aromatic heterocycles. The van der Waals surface area contributed by atoms with E-state index >= 15 is 0 Å². The Labute approximate surface area is 88.8 Å². The standard InChI is InChI=1S/C7H14N2O3S2/c8-6(3-13)7(10)9-5-1-2-14(11,12)4-5/h5-6,13H,1-4,8H2,(H,9,10). The first kappa shape index (κ1) is 11.8. The number of sulfone groups is 1. The number of hydrogen-bond donors (Lipinski definition) is 3. The summed E-state index contributed by atoms with van der Waals surface area (Å²) in [5.41, 5.74) is 5.42. The van der Waals surface area contributed by atoms with E-state index in [2.05, 4.69) is 17.9 Å². The molecule has 0 saturated carbocycles. The van der Waals surface area contributed by atoms with Crippen molar-refractivity contribution in [2.45, 2.75) is 18.5 Å². The molecule has 1 amide bonds. The van der Waals surface area contributed by atoms with Gasteiger partial charge in [0.2, 0.25) is 5.91 Å². The SMILES string of the molecule is NC(CS)C(=O)NC1CCS(=O)(=O)C1. The van der Waals surface area contributed by atoms with Crippen molar-refractivity contribution in [3.63, 3.8) is 0 Å². The Balaban J connectivity index is 2.44. The van der Waals surface area contributed by atoms with Crippen molar-refractivity contribution in [1.29, 1.82) is 0 Å². The molecular weight excluding hydrogens is 224 g/mol. The predicted molar refractivity (Wildman–Crippen MR) is 57.0 cm³/mol. The molecule has 1 saturated heterocycles. The van der Waals surface area contributed by atoms with E-state index in [4.69, 9.17) is 5.73 Å². The summed E-state index contributed by atoms with van der Waals surface area (Å²) in [4.78, 5) is 11.3. The van der Waals surface area contributed by atoms with Crippen LogP contribution in [0.15, 0.2) is 0 Å². The van der Waals surface area contributed by atoms with Crippen LogP contribution in [-0.2, 0) is 14.6 Å². The Kier molecular flexibility index (Phi) is 3.79. The zero-order chi connectivity index (χ0) is 10.8. The molecule has 0 aromatic rings. The minimum atomic E-state index is -2.95. The summed E-state index contributed by atoms with van der Waals surface area (Å²) in [6.07, 6.45) is 0.480. The molecule has 0 radical (unpaired) electrons. The number of carbonyl (C=O) groups is 1. The van der Waals surface area contributed by atoms with Crippen molar-refractivity contribution in [3.05, 3.63) is 0 Å². The van der Waals surface area contributed by atoms with Gasteiger partial charge in [-0.25, -0.2) is 8.42 Å². The zero-order valence-corrected chi connectivity index (χ0v) is 9.35. The van der Waals surface area contributed by atoms with Crippen LogP contribution in [0.3, 0.4) is 0 Å². The maximum absolute atomic E-state index is 11.3. The van der Waals surface area contributed by atoms with Crippen LogP contribution in [0.5, 0.6) is 0 Å². The Bertz CT molecular complexity index is 315. The number of carbonyl (C=O) groups excluding carboxylic acids is 1. The lowest BCUT2D eigenvalue weighted by atomic mass is 10.2. The molecule has 1 aliphatic rings. The van der Waals surface area contributed by atoms with E-state index in [1.165, 1.54) is 0 Å². The van der Waals surface area contributed by atoms with Crippen LogP contribution in [-0.4, -0.2) is 43.7 Å². The highest BCUT2D eigenvalue weighted by atomic mass is 32.2. The van der Waals surface area contributed by atoms with E-state index in [0.717, 1.165) is 0 Å². The highest BCUT2D eigenvalue weighted by molar-refractivity contribution is 7.91. The highest BCUT2D eigenvalue weighted by Gasteiger charge is 2.29. The number of nitrogens with two attached hydrogens (primary N) is 1. The van der Waals surface area contributed by atoms with Gasteiger partial charge in [0.25, 0.3) is 0 Å². The van der Waals surface area contributed by atoms with Crippen LogP contribution in [0.2, 0.25) is 0 Å². The largest absolute Gasteiger partial charge is 0.351 e. The molecule has 0 spiro atoms. The molecule has 0 bridgehead atoms. The smallest absolute Gasteiger partial charge is 0.238 e. The number of hydrogen-bond acceptors (Lipinski definition) is 5. The minimum Gasteiger partial charge on any atom is -0.351 e. The van der Waals surface area contributed by atoms with Crippen molar-refractivity contribution < 1.29 is 13.2 Å². The van der Waals surface area contributed by atoms with E-state index < -0.39 is 15.9 Å². The molecule has 0 aromatic carbocycles. The predicted octanol–water partition coefficient (Wildman–Crippen LogP) is -1.45. The van der Waals surface area contributed by atoms with E-state index in [1.54, 1.807) is 0 Å². The molecular formula is C7H14N2O3S2. The van der Waals surface area contributed by atoms with Gasteiger partial charge in [-0.15, -0.1) is 0 Å². The Hall–Kier alpha value is -0.270. The van der Waals surface area contributed by atoms with Crippen LogP contribution in [0.25, 0.3) is 0 Å². The summed E-state index contributed by atoms with van der Waals surface area (Å²) in [6, 6.07) is -0.944. The third-order valence-electron chi connectivity index (χ3n) is 2.11. The van der Waals surface area contributed by atoms with Crippen molar-refractivity contribution in [3.8, 4) is 0 Å². The van der Waals surface area contributed by atoms with Crippen LogP contribution in [0, 0.1) is 0 Å². The second-order valence-electron chi connectivity index (χ2n) is 3.40. The first-order valence-corrected chi connectivity index (χ1v) is 6.77. The Morgan fingerprint density at radius 2 is 2.29 bits per heavy atom. The first-order valence-electron chi connectivity index (χ1n) is 4.32. The summed E-state index contributed by atoms with van der Waals surface area (Å²) in [5.74, 6) is 0.0966. The minimum absolute atomic E-state index is 0.0258. The van der Waals surface area contributed by atoms with Gasteiger partial charge in [0.1, 0.15) is 0 Å². The molecule has 2 atom stereocenters. The number of nitrogens with one attached hydrogen (secondary N) is 1. The molecule has 1 rings (SSSR count). The molecule has 3 N–H and O–H groups in total. The second kappa shape index (κ2) is 4.50. The van der Waals surface area contributed by atoms with Gasteiger partial charge < -0.3 is 11.1 Å². The third-order valence-corrected chi connectivity index (χ3v) is 4.27. The summed E-state index contributed by atoms with van der Waals surface area (Å²) < 4.78 is 22.1. The van der Waals surface area contributed by atoms with Gasteiger partial charge in [0.05, 0.1) is 17.5 Å². The van der Waals surface area contributed by atoms with Gasteiger partial charge in [-0.2, -0.15) is 12.6 Å². The highest BCUT2D eigenvalue weighted by Crippen LogP contribution is 2.11. The van der Waals surface area contributed by atoms with E-state index in [9.17, 15) is 13.2 Å². The van der Waals surface area contributed by atoms with Gasteiger partial charge in [0.15, 0.2) is 9.84 Å². The normalized spacial score (nSPS) is 27.1. The third kappa shape index (κ3) is 3.14. The lowest BCUT2D eigenvalue weighted by Crippen LogP contribution is -2.46. The summed E-state index contributed by atoms with van der Waals surface area (Å²) in [6.45, 7) is 0. The first-order chi connectivity index (χ1) is 6.44. The van der Waals surface area contributed by atoms with Gasteiger partial charge in [0, 0.05) is 11.8 Å². The van der Waals surface area contributed by atoms with Crippen LogP contribution < -0.4 is 11.1 Å². The van der Waals surface area contributed by atoms with E-state index in [-0.39, 0.29) is 29.2 Å². The average Bonchev–Trinajstić information content (AvgIpc) is 2.44. The van der Waals surface area contributed by atoms with Crippen LogP contribution in [0.1, 0.15) is 6.42 Å². The van der Waals surface area contributed by atoms with Gasteiger partial charge >= 0.3 is 0 Å². The molecule has 1 fully saturated rings. The number of amides is 1. The van der Waals surface area contributed by atoms with E-state index in [0.29, 0.717) is 6.42 Å². The van der Waals surface area contributed by atoms with Gasteiger partial charge in [-0.05, 0) is 6.42 Å². The Morgan fingerprint density at radius 3 is 2.71 bits per heavy atom. The number of thiol groups is 1. The van der Waals surface area contributed by atoms with Crippen molar-refractivity contribution in [1.82, 2.24) is 5.32 Å². The van der Waals surface area contributed by atoms with Crippen LogP contribution in [0.4, 0.5) is 0 Å². The quantitative estimate of drug-likeness (QED) is 0.525. The molecule has 14 heavy (non-hydrogen) atoms. The Morgan fingerprint density at radius 1 is 1.64 bits per heavy atom. The molecule has 82 valence electrons. The van der Waals surface area contributed by atoms with Gasteiger partial charge in [-0.1, -0.05) is 0 Å². The molecule has 0 aliphatic carbocycles. The molecule has 5 nitrogen and oxygen atoms in total. The fourth-order valence-electron chi connectivity index (χ4n) is 1.30. The molecule has 1 aliphatic heterocycles. The lowest BCUT2D eigenvalue weighted by Gasteiger charge is -2.13. The topological polar surface area (TPSA) is 89.3 Å².